The van der Waals surface area contributed by atoms with Crippen molar-refractivity contribution in [2.24, 2.45) is 5.41 Å². The summed E-state index contributed by atoms with van der Waals surface area (Å²) in [6, 6.07) is 7.52. The molecule has 0 aromatic heterocycles. The van der Waals surface area contributed by atoms with Crippen LogP contribution in [0.1, 0.15) is 46.1 Å². The maximum Gasteiger partial charge on any atom is 0.311 e. The summed E-state index contributed by atoms with van der Waals surface area (Å²) < 4.78 is 22.0. The summed E-state index contributed by atoms with van der Waals surface area (Å²) in [5.74, 6) is 0.366. The van der Waals surface area contributed by atoms with E-state index >= 15 is 0 Å². The van der Waals surface area contributed by atoms with Crippen molar-refractivity contribution >= 4 is 11.8 Å². The maximum atomic E-state index is 12.9. The zero-order chi connectivity index (χ0) is 24.3. The van der Waals surface area contributed by atoms with Gasteiger partial charge >= 0.3 is 5.97 Å². The van der Waals surface area contributed by atoms with Crippen LogP contribution in [-0.2, 0) is 30.4 Å². The molecule has 1 heterocycles. The van der Waals surface area contributed by atoms with Gasteiger partial charge in [-0.2, -0.15) is 0 Å². The van der Waals surface area contributed by atoms with Gasteiger partial charge in [-0.15, -0.1) is 0 Å². The lowest BCUT2D eigenvalue weighted by Crippen LogP contribution is -2.24. The summed E-state index contributed by atoms with van der Waals surface area (Å²) in [4.78, 5) is 24.7. The van der Waals surface area contributed by atoms with Gasteiger partial charge in [-0.1, -0.05) is 42.0 Å². The first-order chi connectivity index (χ1) is 15.7. The van der Waals surface area contributed by atoms with Crippen LogP contribution in [0.25, 0.3) is 0 Å². The summed E-state index contributed by atoms with van der Waals surface area (Å²) in [5.41, 5.74) is 1.65. The van der Waals surface area contributed by atoms with Gasteiger partial charge in [0.15, 0.2) is 5.78 Å². The van der Waals surface area contributed by atoms with Crippen LogP contribution in [0, 0.1) is 5.41 Å². The van der Waals surface area contributed by atoms with E-state index in [0.29, 0.717) is 19.6 Å². The molecule has 0 saturated carbocycles. The molecule has 2 unspecified atom stereocenters. The number of rotatable bonds is 11. The van der Waals surface area contributed by atoms with E-state index < -0.39 is 11.5 Å². The molecule has 0 amide bonds. The van der Waals surface area contributed by atoms with E-state index in [9.17, 15) is 9.59 Å². The third-order valence-electron chi connectivity index (χ3n) is 5.11. The molecule has 0 fully saturated rings. The number of hydrogen-bond acceptors (Lipinski definition) is 6. The molecule has 1 aromatic rings. The van der Waals surface area contributed by atoms with Crippen LogP contribution in [0.5, 0.6) is 5.75 Å². The van der Waals surface area contributed by atoms with Crippen LogP contribution in [0.2, 0.25) is 0 Å². The van der Waals surface area contributed by atoms with Crippen LogP contribution < -0.4 is 4.74 Å². The fourth-order valence-electron chi connectivity index (χ4n) is 3.02. The Bertz CT molecular complexity index is 858. The second-order valence-corrected chi connectivity index (χ2v) is 9.09. The molecule has 0 bridgehead atoms. The summed E-state index contributed by atoms with van der Waals surface area (Å²) in [6.07, 6.45) is 9.34. The van der Waals surface area contributed by atoms with Gasteiger partial charge in [-0.3, -0.25) is 9.59 Å². The Morgan fingerprint density at radius 3 is 2.55 bits per heavy atom. The lowest BCUT2D eigenvalue weighted by Gasteiger charge is -2.19. The molecular weight excluding hydrogens is 420 g/mol. The minimum Gasteiger partial charge on any atom is -0.497 e. The van der Waals surface area contributed by atoms with Crippen molar-refractivity contribution in [3.63, 3.8) is 0 Å². The lowest BCUT2D eigenvalue weighted by atomic mass is 9.97. The Morgan fingerprint density at radius 1 is 1.18 bits per heavy atom. The Kier molecular flexibility index (Phi) is 10.6. The van der Waals surface area contributed by atoms with E-state index in [1.54, 1.807) is 46.1 Å². The molecular formula is C27H36O6. The predicted molar refractivity (Wildman–Crippen MR) is 128 cm³/mol. The Hall–Kier alpha value is -2.70. The average Bonchev–Trinajstić information content (AvgIpc) is 2.78. The third kappa shape index (κ3) is 9.76. The van der Waals surface area contributed by atoms with Gasteiger partial charge in [-0.25, -0.2) is 0 Å². The molecule has 2 rings (SSSR count). The molecule has 1 aliphatic rings. The van der Waals surface area contributed by atoms with Gasteiger partial charge in [0, 0.05) is 0 Å². The number of carbonyl (C=O) groups is 2. The minimum absolute atomic E-state index is 0.103. The molecule has 0 aliphatic carbocycles. The van der Waals surface area contributed by atoms with Crippen LogP contribution in [0.15, 0.2) is 60.2 Å². The Balaban J connectivity index is 1.96. The van der Waals surface area contributed by atoms with Crippen molar-refractivity contribution in [2.75, 3.05) is 20.3 Å². The summed E-state index contributed by atoms with van der Waals surface area (Å²) in [5, 5.41) is 0. The molecule has 1 aliphatic heterocycles. The van der Waals surface area contributed by atoms with E-state index in [0.717, 1.165) is 17.7 Å². The van der Waals surface area contributed by atoms with Crippen molar-refractivity contribution in [1.29, 1.82) is 0 Å². The molecule has 33 heavy (non-hydrogen) atoms. The van der Waals surface area contributed by atoms with Crippen LogP contribution >= 0.6 is 0 Å². The van der Waals surface area contributed by atoms with Gasteiger partial charge < -0.3 is 18.9 Å². The highest BCUT2D eigenvalue weighted by Crippen LogP contribution is 2.17. The first-order valence-corrected chi connectivity index (χ1v) is 11.2. The number of hydrogen-bond donors (Lipinski definition) is 0. The molecule has 1 aromatic carbocycles. The smallest absolute Gasteiger partial charge is 0.311 e. The van der Waals surface area contributed by atoms with Crippen molar-refractivity contribution in [1.82, 2.24) is 0 Å². The van der Waals surface area contributed by atoms with E-state index in [4.69, 9.17) is 18.9 Å². The van der Waals surface area contributed by atoms with Gasteiger partial charge in [0.25, 0.3) is 0 Å². The number of esters is 1. The molecule has 180 valence electrons. The van der Waals surface area contributed by atoms with E-state index in [-0.39, 0.29) is 24.5 Å². The van der Waals surface area contributed by atoms with Gasteiger partial charge in [0.1, 0.15) is 18.5 Å². The van der Waals surface area contributed by atoms with Gasteiger partial charge in [-0.05, 0) is 64.3 Å². The van der Waals surface area contributed by atoms with Crippen LogP contribution in [0.3, 0.4) is 0 Å². The number of ketones is 1. The molecule has 0 radical (unpaired) electrons. The molecule has 6 nitrogen and oxygen atoms in total. The second kappa shape index (κ2) is 13.1. The fourth-order valence-corrected chi connectivity index (χ4v) is 3.02. The minimum atomic E-state index is -0.654. The molecule has 6 heteroatoms. The number of carbonyl (C=O) groups excluding carboxylic acids is 2. The highest BCUT2D eigenvalue weighted by Gasteiger charge is 2.22. The molecule has 0 spiro atoms. The number of ether oxygens (including phenoxy) is 4. The first-order valence-electron chi connectivity index (χ1n) is 11.2. The SMILES string of the molecule is COc1ccc(COC(C/C=C/COC(=O)C(C)(C)C)C(=O)/C=C\C2CC(C)=CCO2)cc1. The third-order valence-corrected chi connectivity index (χ3v) is 5.11. The topological polar surface area (TPSA) is 71.1 Å². The zero-order valence-corrected chi connectivity index (χ0v) is 20.3. The van der Waals surface area contributed by atoms with Crippen molar-refractivity contribution in [3.05, 3.63) is 65.8 Å². The lowest BCUT2D eigenvalue weighted by molar-refractivity contribution is -0.151. The van der Waals surface area contributed by atoms with Crippen LogP contribution in [0.4, 0.5) is 0 Å². The molecule has 0 saturated heterocycles. The summed E-state index contributed by atoms with van der Waals surface area (Å²) >= 11 is 0. The largest absolute Gasteiger partial charge is 0.497 e. The van der Waals surface area contributed by atoms with E-state index in [1.165, 1.54) is 5.57 Å². The molecule has 2 atom stereocenters. The van der Waals surface area contributed by atoms with Crippen molar-refractivity contribution < 1.29 is 28.5 Å². The monoisotopic (exact) mass is 456 g/mol. The second-order valence-electron chi connectivity index (χ2n) is 9.09. The highest BCUT2D eigenvalue weighted by molar-refractivity contribution is 5.93. The van der Waals surface area contributed by atoms with Crippen LogP contribution in [-0.4, -0.2) is 44.3 Å². The quantitative estimate of drug-likeness (QED) is 0.266. The standard InChI is InChI=1S/C27H36O6/c1-20-15-17-31-23(18-20)13-14-24(28)25(8-6-7-16-32-26(29)27(2,3)4)33-19-21-9-11-22(30-5)12-10-21/h6-7,9-15,23,25H,8,16-19H2,1-5H3/b7-6+,14-13-. The molecule has 0 N–H and O–H groups in total. The van der Waals surface area contributed by atoms with Crippen molar-refractivity contribution in [2.45, 2.75) is 59.4 Å². The fraction of sp³-hybridized carbons (Fsp3) is 0.481. The predicted octanol–water partition coefficient (Wildman–Crippen LogP) is 4.98. The van der Waals surface area contributed by atoms with Gasteiger partial charge in [0.2, 0.25) is 0 Å². The summed E-state index contributed by atoms with van der Waals surface area (Å²) in [7, 11) is 1.62. The van der Waals surface area contributed by atoms with Gasteiger partial charge in [0.05, 0.1) is 31.8 Å². The maximum absolute atomic E-state index is 12.9. The van der Waals surface area contributed by atoms with E-state index in [2.05, 4.69) is 6.92 Å². The first kappa shape index (κ1) is 26.6. The van der Waals surface area contributed by atoms with E-state index in [1.807, 2.05) is 36.4 Å². The van der Waals surface area contributed by atoms with Crippen molar-refractivity contribution in [3.8, 4) is 5.75 Å². The Labute approximate surface area is 197 Å². The number of benzene rings is 1. The highest BCUT2D eigenvalue weighted by atomic mass is 16.5. The summed E-state index contributed by atoms with van der Waals surface area (Å²) in [6.45, 7) is 8.49. The number of methoxy groups -OCH3 is 1. The Morgan fingerprint density at radius 2 is 1.91 bits per heavy atom. The zero-order valence-electron chi connectivity index (χ0n) is 20.3. The normalized spacial score (nSPS) is 17.7. The average molecular weight is 457 g/mol.